The van der Waals surface area contributed by atoms with Crippen LogP contribution in [-0.2, 0) is 4.79 Å². The second-order valence-electron chi connectivity index (χ2n) is 7.95. The van der Waals surface area contributed by atoms with Crippen molar-refractivity contribution in [3.8, 4) is 11.5 Å². The molecule has 0 saturated carbocycles. The third-order valence-corrected chi connectivity index (χ3v) is 5.19. The van der Waals surface area contributed by atoms with Gasteiger partial charge in [0.05, 0.1) is 12.8 Å². The summed E-state index contributed by atoms with van der Waals surface area (Å²) in [6.07, 6.45) is 18.9. The zero-order valence-corrected chi connectivity index (χ0v) is 19.1. The molecule has 0 radical (unpaired) electrons. The first-order chi connectivity index (χ1) is 14.7. The summed E-state index contributed by atoms with van der Waals surface area (Å²) in [6.45, 7) is 4.60. The molecule has 170 valence electrons. The lowest BCUT2D eigenvalue weighted by Crippen LogP contribution is -2.16. The summed E-state index contributed by atoms with van der Waals surface area (Å²) in [6, 6.07) is 4.97. The third kappa shape index (κ3) is 13.2. The number of amides is 1. The number of carbonyl (C=O) groups is 1. The molecular weight excluding hydrogens is 376 g/mol. The van der Waals surface area contributed by atoms with E-state index in [0.29, 0.717) is 18.8 Å². The summed E-state index contributed by atoms with van der Waals surface area (Å²) in [5.74, 6) is 0.457. The van der Waals surface area contributed by atoms with Crippen molar-refractivity contribution in [3.63, 3.8) is 0 Å². The molecule has 1 aromatic rings. The number of nitrogens with zero attached hydrogens (tertiary/aromatic N) is 1. The molecule has 0 atom stereocenters. The highest BCUT2D eigenvalue weighted by Gasteiger charge is 2.03. The minimum absolute atomic E-state index is 0.0573. The van der Waals surface area contributed by atoms with E-state index in [1.54, 1.807) is 24.4 Å². The predicted octanol–water partition coefficient (Wildman–Crippen LogP) is 6.72. The molecule has 0 aliphatic heterocycles. The standard InChI is InChI=1S/C25H42N2O3/c1-3-5-6-7-8-9-10-11-12-13-14-15-16-17-25(29)27-26-21-22-18-19-23(28)24(20-22)30-4-2/h18-21,28H,3-17H2,1-2H3,(H,27,29)/b26-21-. The molecule has 1 rings (SSSR count). The van der Waals surface area contributed by atoms with Crippen molar-refractivity contribution in [2.24, 2.45) is 5.10 Å². The van der Waals surface area contributed by atoms with Crippen LogP contribution >= 0.6 is 0 Å². The lowest BCUT2D eigenvalue weighted by molar-refractivity contribution is -0.121. The van der Waals surface area contributed by atoms with Crippen LogP contribution in [0.5, 0.6) is 11.5 Å². The van der Waals surface area contributed by atoms with Crippen LogP contribution in [0.1, 0.15) is 109 Å². The first-order valence-electron chi connectivity index (χ1n) is 11.9. The Kier molecular flexibility index (Phi) is 15.4. The fraction of sp³-hybridized carbons (Fsp3) is 0.680. The zero-order valence-electron chi connectivity index (χ0n) is 19.1. The van der Waals surface area contributed by atoms with E-state index in [2.05, 4.69) is 17.5 Å². The molecule has 30 heavy (non-hydrogen) atoms. The van der Waals surface area contributed by atoms with Crippen LogP contribution in [-0.4, -0.2) is 23.8 Å². The monoisotopic (exact) mass is 418 g/mol. The van der Waals surface area contributed by atoms with E-state index in [9.17, 15) is 9.90 Å². The number of phenols is 1. The molecule has 1 amide bonds. The van der Waals surface area contributed by atoms with E-state index in [0.717, 1.165) is 18.4 Å². The fourth-order valence-corrected chi connectivity index (χ4v) is 3.42. The largest absolute Gasteiger partial charge is 0.504 e. The highest BCUT2D eigenvalue weighted by atomic mass is 16.5. The van der Waals surface area contributed by atoms with Crippen LogP contribution < -0.4 is 10.2 Å². The number of aromatic hydroxyl groups is 1. The van der Waals surface area contributed by atoms with Crippen molar-refractivity contribution in [3.05, 3.63) is 23.8 Å². The molecule has 0 unspecified atom stereocenters. The van der Waals surface area contributed by atoms with Crippen LogP contribution in [0.4, 0.5) is 0 Å². The van der Waals surface area contributed by atoms with Gasteiger partial charge in [0.25, 0.3) is 0 Å². The van der Waals surface area contributed by atoms with Crippen molar-refractivity contribution in [2.75, 3.05) is 6.61 Å². The molecular formula is C25H42N2O3. The van der Waals surface area contributed by atoms with Gasteiger partial charge in [0.2, 0.25) is 5.91 Å². The molecule has 0 fully saturated rings. The zero-order chi connectivity index (χ0) is 21.9. The topological polar surface area (TPSA) is 70.9 Å². The number of benzene rings is 1. The van der Waals surface area contributed by atoms with E-state index in [1.165, 1.54) is 70.6 Å². The summed E-state index contributed by atoms with van der Waals surface area (Å²) in [7, 11) is 0. The number of hydrogen-bond acceptors (Lipinski definition) is 4. The summed E-state index contributed by atoms with van der Waals surface area (Å²) in [5.41, 5.74) is 3.33. The molecule has 0 aliphatic carbocycles. The van der Waals surface area contributed by atoms with E-state index in [-0.39, 0.29) is 11.7 Å². The van der Waals surface area contributed by atoms with Gasteiger partial charge in [-0.25, -0.2) is 5.43 Å². The van der Waals surface area contributed by atoms with Gasteiger partial charge in [-0.2, -0.15) is 5.10 Å². The molecule has 1 aromatic carbocycles. The van der Waals surface area contributed by atoms with Gasteiger partial charge in [-0.15, -0.1) is 0 Å². The number of nitrogens with one attached hydrogen (secondary N) is 1. The predicted molar refractivity (Wildman–Crippen MR) is 125 cm³/mol. The molecule has 5 heteroatoms. The second-order valence-corrected chi connectivity index (χ2v) is 7.95. The highest BCUT2D eigenvalue weighted by molar-refractivity contribution is 5.83. The third-order valence-electron chi connectivity index (χ3n) is 5.19. The van der Waals surface area contributed by atoms with Crippen LogP contribution in [0, 0.1) is 0 Å². The van der Waals surface area contributed by atoms with Crippen molar-refractivity contribution < 1.29 is 14.6 Å². The molecule has 2 N–H and O–H groups in total. The summed E-state index contributed by atoms with van der Waals surface area (Å²) < 4.78 is 5.34. The quantitative estimate of drug-likeness (QED) is 0.158. The van der Waals surface area contributed by atoms with Gasteiger partial charge in [0, 0.05) is 6.42 Å². The fourth-order valence-electron chi connectivity index (χ4n) is 3.42. The average molecular weight is 419 g/mol. The molecule has 5 nitrogen and oxygen atoms in total. The minimum atomic E-state index is -0.0573. The molecule has 0 aliphatic rings. The van der Waals surface area contributed by atoms with E-state index in [4.69, 9.17) is 4.74 Å². The summed E-state index contributed by atoms with van der Waals surface area (Å²) in [4.78, 5) is 11.9. The van der Waals surface area contributed by atoms with E-state index in [1.807, 2.05) is 6.92 Å². The highest BCUT2D eigenvalue weighted by Crippen LogP contribution is 2.26. The smallest absolute Gasteiger partial charge is 0.240 e. The minimum Gasteiger partial charge on any atom is -0.504 e. The first-order valence-corrected chi connectivity index (χ1v) is 11.9. The lowest BCUT2D eigenvalue weighted by Gasteiger charge is -2.06. The second kappa shape index (κ2) is 17.8. The van der Waals surface area contributed by atoms with Crippen LogP contribution in [0.25, 0.3) is 0 Å². The van der Waals surface area contributed by atoms with Gasteiger partial charge in [0.15, 0.2) is 11.5 Å². The number of hydrazone groups is 1. The van der Waals surface area contributed by atoms with Gasteiger partial charge < -0.3 is 9.84 Å². The number of ether oxygens (including phenoxy) is 1. The van der Waals surface area contributed by atoms with Crippen molar-refractivity contribution in [1.82, 2.24) is 5.43 Å². The Morgan fingerprint density at radius 1 is 0.933 bits per heavy atom. The van der Waals surface area contributed by atoms with Crippen LogP contribution in [0.15, 0.2) is 23.3 Å². The van der Waals surface area contributed by atoms with E-state index >= 15 is 0 Å². The first kappa shape index (κ1) is 26.0. The Bertz CT molecular complexity index is 602. The van der Waals surface area contributed by atoms with E-state index < -0.39 is 0 Å². The lowest BCUT2D eigenvalue weighted by atomic mass is 10.0. The van der Waals surface area contributed by atoms with Gasteiger partial charge >= 0.3 is 0 Å². The number of hydrogen-bond donors (Lipinski definition) is 2. The van der Waals surface area contributed by atoms with Crippen LogP contribution in [0.2, 0.25) is 0 Å². The van der Waals surface area contributed by atoms with Crippen molar-refractivity contribution in [1.29, 1.82) is 0 Å². The molecule has 0 saturated heterocycles. The normalized spacial score (nSPS) is 11.1. The Hall–Kier alpha value is -2.04. The Balaban J connectivity index is 2.00. The Morgan fingerprint density at radius 3 is 2.07 bits per heavy atom. The van der Waals surface area contributed by atoms with Crippen molar-refractivity contribution in [2.45, 2.75) is 104 Å². The molecule has 0 spiro atoms. The maximum Gasteiger partial charge on any atom is 0.240 e. The summed E-state index contributed by atoms with van der Waals surface area (Å²) >= 11 is 0. The van der Waals surface area contributed by atoms with Crippen molar-refractivity contribution >= 4 is 12.1 Å². The molecule has 0 bridgehead atoms. The van der Waals surface area contributed by atoms with Crippen LogP contribution in [0.3, 0.4) is 0 Å². The van der Waals surface area contributed by atoms with Gasteiger partial charge in [-0.1, -0.05) is 84.0 Å². The van der Waals surface area contributed by atoms with Gasteiger partial charge in [-0.05, 0) is 37.1 Å². The average Bonchev–Trinajstić information content (AvgIpc) is 2.74. The molecule has 0 heterocycles. The Morgan fingerprint density at radius 2 is 1.50 bits per heavy atom. The SMILES string of the molecule is CCCCCCCCCCCCCCCC(=O)N/N=C\c1ccc(O)c(OCC)c1. The maximum absolute atomic E-state index is 11.9. The Labute approximate surface area is 183 Å². The maximum atomic E-state index is 11.9. The number of carbonyl (C=O) groups excluding carboxylic acids is 1. The number of rotatable bonds is 18. The van der Waals surface area contributed by atoms with Gasteiger partial charge in [-0.3, -0.25) is 4.79 Å². The summed E-state index contributed by atoms with van der Waals surface area (Å²) in [5, 5.41) is 13.7. The number of phenolic OH excluding ortho intramolecular Hbond substituents is 1. The van der Waals surface area contributed by atoms with Gasteiger partial charge in [0.1, 0.15) is 0 Å². The molecule has 0 aromatic heterocycles. The number of unbranched alkanes of at least 4 members (excludes halogenated alkanes) is 12.